The minimum absolute atomic E-state index is 0.129. The van der Waals surface area contributed by atoms with E-state index in [2.05, 4.69) is 10.2 Å². The van der Waals surface area contributed by atoms with Crippen molar-refractivity contribution in [2.75, 3.05) is 32.1 Å². The van der Waals surface area contributed by atoms with Gasteiger partial charge in [0.2, 0.25) is 5.91 Å². The van der Waals surface area contributed by atoms with Crippen molar-refractivity contribution in [3.8, 4) is 0 Å². The smallest absolute Gasteiger partial charge is 0.220 e. The van der Waals surface area contributed by atoms with Crippen LogP contribution in [0.3, 0.4) is 0 Å². The fourth-order valence-electron chi connectivity index (χ4n) is 1.68. The van der Waals surface area contributed by atoms with Gasteiger partial charge in [0.15, 0.2) is 0 Å². The summed E-state index contributed by atoms with van der Waals surface area (Å²) in [5, 5.41) is 2.91. The molecule has 1 amide bonds. The minimum Gasteiger partial charge on any atom is -0.355 e. The number of amides is 1. The molecule has 0 unspecified atom stereocenters. The molecule has 1 fully saturated rings. The summed E-state index contributed by atoms with van der Waals surface area (Å²) in [5.74, 6) is 0.698. The molecule has 0 aromatic heterocycles. The van der Waals surface area contributed by atoms with Gasteiger partial charge < -0.3 is 10.2 Å². The molecule has 3 nitrogen and oxygen atoms in total. The van der Waals surface area contributed by atoms with Crippen LogP contribution in [-0.4, -0.2) is 42.9 Å². The van der Waals surface area contributed by atoms with Crippen LogP contribution in [0.1, 0.15) is 25.7 Å². The van der Waals surface area contributed by atoms with E-state index in [1.54, 1.807) is 0 Å². The molecule has 1 rings (SSSR count). The van der Waals surface area contributed by atoms with Crippen LogP contribution in [0.5, 0.6) is 0 Å². The van der Waals surface area contributed by atoms with E-state index in [0.717, 1.165) is 19.5 Å². The van der Waals surface area contributed by atoms with Crippen molar-refractivity contribution >= 4 is 17.5 Å². The Morgan fingerprint density at radius 3 is 2.71 bits per heavy atom. The molecule has 1 heterocycles. The van der Waals surface area contributed by atoms with E-state index in [1.165, 1.54) is 25.9 Å². The molecular formula is C10H19ClN2O. The van der Waals surface area contributed by atoms with Gasteiger partial charge in [-0.25, -0.2) is 0 Å². The van der Waals surface area contributed by atoms with Crippen LogP contribution in [-0.2, 0) is 4.79 Å². The second-order valence-electron chi connectivity index (χ2n) is 3.69. The highest BCUT2D eigenvalue weighted by atomic mass is 35.5. The molecule has 14 heavy (non-hydrogen) atoms. The number of alkyl halides is 1. The molecular weight excluding hydrogens is 200 g/mol. The average Bonchev–Trinajstić information content (AvgIpc) is 2.67. The molecule has 0 atom stereocenters. The van der Waals surface area contributed by atoms with E-state index in [9.17, 15) is 4.79 Å². The first-order valence-corrected chi connectivity index (χ1v) is 5.91. The Morgan fingerprint density at radius 2 is 2.07 bits per heavy atom. The monoisotopic (exact) mass is 218 g/mol. The number of nitrogens with zero attached hydrogens (tertiary/aromatic N) is 1. The van der Waals surface area contributed by atoms with Gasteiger partial charge in [0.25, 0.3) is 0 Å². The molecule has 4 heteroatoms. The third kappa shape index (κ3) is 4.82. The summed E-state index contributed by atoms with van der Waals surface area (Å²) in [6, 6.07) is 0. The third-order valence-electron chi connectivity index (χ3n) is 2.49. The summed E-state index contributed by atoms with van der Waals surface area (Å²) in [6.45, 7) is 4.16. The predicted octanol–water partition coefficient (Wildman–Crippen LogP) is 1.22. The van der Waals surface area contributed by atoms with Crippen LogP contribution in [0.15, 0.2) is 0 Å². The van der Waals surface area contributed by atoms with Gasteiger partial charge in [0.1, 0.15) is 0 Å². The summed E-state index contributed by atoms with van der Waals surface area (Å²) in [5.41, 5.74) is 0. The maximum Gasteiger partial charge on any atom is 0.220 e. The highest BCUT2D eigenvalue weighted by Gasteiger charge is 2.10. The number of halogens is 1. The quantitative estimate of drug-likeness (QED) is 0.680. The normalized spacial score (nSPS) is 17.2. The molecule has 0 radical (unpaired) electrons. The molecule has 1 saturated heterocycles. The van der Waals surface area contributed by atoms with E-state index in [1.807, 2.05) is 0 Å². The summed E-state index contributed by atoms with van der Waals surface area (Å²) >= 11 is 5.50. The van der Waals surface area contributed by atoms with Crippen molar-refractivity contribution in [3.05, 3.63) is 0 Å². The number of hydrogen-bond acceptors (Lipinski definition) is 2. The first-order valence-electron chi connectivity index (χ1n) is 5.38. The van der Waals surface area contributed by atoms with Gasteiger partial charge in [0.05, 0.1) is 0 Å². The van der Waals surface area contributed by atoms with Crippen LogP contribution in [0.25, 0.3) is 0 Å². The molecule has 0 aromatic carbocycles. The maximum atomic E-state index is 11.2. The van der Waals surface area contributed by atoms with Gasteiger partial charge in [-0.05, 0) is 32.4 Å². The van der Waals surface area contributed by atoms with E-state index >= 15 is 0 Å². The van der Waals surface area contributed by atoms with E-state index in [-0.39, 0.29) is 5.91 Å². The van der Waals surface area contributed by atoms with Crippen molar-refractivity contribution in [1.82, 2.24) is 10.2 Å². The molecule has 0 aromatic rings. The minimum atomic E-state index is 0.129. The van der Waals surface area contributed by atoms with Gasteiger partial charge >= 0.3 is 0 Å². The molecule has 0 bridgehead atoms. The lowest BCUT2D eigenvalue weighted by Gasteiger charge is -2.14. The van der Waals surface area contributed by atoms with Crippen LogP contribution in [0, 0.1) is 0 Å². The van der Waals surface area contributed by atoms with Crippen molar-refractivity contribution < 1.29 is 4.79 Å². The summed E-state index contributed by atoms with van der Waals surface area (Å²) in [6.07, 6.45) is 3.95. The Hall–Kier alpha value is -0.280. The van der Waals surface area contributed by atoms with Gasteiger partial charge in [0, 0.05) is 25.4 Å². The second-order valence-corrected chi connectivity index (χ2v) is 4.07. The summed E-state index contributed by atoms with van der Waals surface area (Å²) in [7, 11) is 0. The lowest BCUT2D eigenvalue weighted by atomic mass is 10.3. The highest BCUT2D eigenvalue weighted by Crippen LogP contribution is 2.05. The van der Waals surface area contributed by atoms with Gasteiger partial charge in [-0.15, -0.1) is 11.6 Å². The summed E-state index contributed by atoms with van der Waals surface area (Å²) in [4.78, 5) is 13.6. The van der Waals surface area contributed by atoms with Crippen molar-refractivity contribution in [2.24, 2.45) is 0 Å². The fraction of sp³-hybridized carbons (Fsp3) is 0.900. The van der Waals surface area contributed by atoms with Crippen LogP contribution < -0.4 is 5.32 Å². The summed E-state index contributed by atoms with van der Waals surface area (Å²) < 4.78 is 0. The number of rotatable bonds is 6. The van der Waals surface area contributed by atoms with Crippen molar-refractivity contribution in [2.45, 2.75) is 25.7 Å². The lowest BCUT2D eigenvalue weighted by Crippen LogP contribution is -2.33. The maximum absolute atomic E-state index is 11.2. The van der Waals surface area contributed by atoms with E-state index < -0.39 is 0 Å². The average molecular weight is 219 g/mol. The number of carbonyl (C=O) groups is 1. The molecule has 82 valence electrons. The molecule has 1 aliphatic rings. The Labute approximate surface area is 90.8 Å². The van der Waals surface area contributed by atoms with Gasteiger partial charge in [-0.3, -0.25) is 4.79 Å². The topological polar surface area (TPSA) is 32.3 Å². The van der Waals surface area contributed by atoms with Gasteiger partial charge in [-0.2, -0.15) is 0 Å². The van der Waals surface area contributed by atoms with Crippen molar-refractivity contribution in [1.29, 1.82) is 0 Å². The highest BCUT2D eigenvalue weighted by molar-refractivity contribution is 6.17. The fourth-order valence-corrected chi connectivity index (χ4v) is 1.81. The van der Waals surface area contributed by atoms with Gasteiger partial charge in [-0.1, -0.05) is 0 Å². The molecule has 0 saturated carbocycles. The second kappa shape index (κ2) is 7.07. The van der Waals surface area contributed by atoms with Crippen LogP contribution >= 0.6 is 11.6 Å². The Kier molecular flexibility index (Phi) is 5.96. The standard InChI is InChI=1S/C10H19ClN2O/c11-5-3-4-10(14)12-6-9-13-7-1-2-8-13/h1-9H2,(H,12,14). The Balaban J connectivity index is 1.94. The zero-order valence-electron chi connectivity index (χ0n) is 8.60. The zero-order chi connectivity index (χ0) is 10.2. The molecule has 0 aliphatic carbocycles. The number of likely N-dealkylation sites (tertiary alicyclic amines) is 1. The van der Waals surface area contributed by atoms with Crippen LogP contribution in [0.4, 0.5) is 0 Å². The first-order chi connectivity index (χ1) is 6.83. The lowest BCUT2D eigenvalue weighted by molar-refractivity contribution is -0.121. The first kappa shape index (κ1) is 11.8. The third-order valence-corrected chi connectivity index (χ3v) is 2.75. The predicted molar refractivity (Wildman–Crippen MR) is 58.6 cm³/mol. The molecule has 1 N–H and O–H groups in total. The SMILES string of the molecule is O=C(CCCCl)NCCN1CCCC1. The molecule has 1 aliphatic heterocycles. The Bertz CT molecular complexity index is 170. The van der Waals surface area contributed by atoms with Crippen molar-refractivity contribution in [3.63, 3.8) is 0 Å². The molecule has 0 spiro atoms. The van der Waals surface area contributed by atoms with E-state index in [4.69, 9.17) is 11.6 Å². The van der Waals surface area contributed by atoms with E-state index in [0.29, 0.717) is 12.3 Å². The Morgan fingerprint density at radius 1 is 1.36 bits per heavy atom. The zero-order valence-corrected chi connectivity index (χ0v) is 9.35. The largest absolute Gasteiger partial charge is 0.355 e. The number of carbonyl (C=O) groups excluding carboxylic acids is 1. The number of hydrogen-bond donors (Lipinski definition) is 1. The number of nitrogens with one attached hydrogen (secondary N) is 1. The van der Waals surface area contributed by atoms with Crippen LogP contribution in [0.2, 0.25) is 0 Å².